The molecule has 0 aliphatic heterocycles. The molecule has 0 N–H and O–H groups in total. The van der Waals surface area contributed by atoms with Crippen molar-refractivity contribution in [2.45, 2.75) is 0 Å². The molecule has 1 aromatic carbocycles. The van der Waals surface area contributed by atoms with Crippen molar-refractivity contribution in [2.75, 3.05) is 0 Å². The van der Waals surface area contributed by atoms with E-state index in [1.807, 2.05) is 18.2 Å². The van der Waals surface area contributed by atoms with Gasteiger partial charge >= 0.3 is 0 Å². The second-order valence-corrected chi connectivity index (χ2v) is 4.61. The van der Waals surface area contributed by atoms with Gasteiger partial charge in [0.1, 0.15) is 0 Å². The van der Waals surface area contributed by atoms with Crippen LogP contribution in [0.3, 0.4) is 0 Å². The minimum absolute atomic E-state index is 0.901. The number of hydrogen-bond acceptors (Lipinski definition) is 1. The highest BCUT2D eigenvalue weighted by Gasteiger charge is 2.15. The zero-order chi connectivity index (χ0) is 8.72. The first kappa shape index (κ1) is 8.60. The molecule has 2 rings (SSSR count). The molecule has 1 aromatic rings. The van der Waals surface area contributed by atoms with Crippen LogP contribution in [0.2, 0.25) is 0 Å². The lowest BCUT2D eigenvalue weighted by Crippen LogP contribution is -1.92. The molecular formula is C9H4Br2S. The van der Waals surface area contributed by atoms with Crippen LogP contribution in [0.25, 0.3) is 6.08 Å². The second-order valence-electron chi connectivity index (χ2n) is 2.52. The van der Waals surface area contributed by atoms with Crippen molar-refractivity contribution in [1.29, 1.82) is 0 Å². The van der Waals surface area contributed by atoms with Crippen LogP contribution in [-0.2, 0) is 0 Å². The maximum atomic E-state index is 5.18. The largest absolute Gasteiger partial charge is 0.0794 e. The molecule has 0 nitrogen and oxygen atoms in total. The summed E-state index contributed by atoms with van der Waals surface area (Å²) in [7, 11) is 0. The van der Waals surface area contributed by atoms with Crippen molar-refractivity contribution in [3.05, 3.63) is 38.3 Å². The van der Waals surface area contributed by atoms with Crippen molar-refractivity contribution < 1.29 is 0 Å². The summed E-state index contributed by atoms with van der Waals surface area (Å²) in [5, 5.41) is 0. The third-order valence-corrected chi connectivity index (χ3v) is 4.14. The first-order valence-electron chi connectivity index (χ1n) is 3.40. The van der Waals surface area contributed by atoms with Gasteiger partial charge in [-0.2, -0.15) is 0 Å². The van der Waals surface area contributed by atoms with Gasteiger partial charge in [-0.25, -0.2) is 0 Å². The highest BCUT2D eigenvalue weighted by molar-refractivity contribution is 9.13. The normalized spacial score (nSPS) is 13.7. The topological polar surface area (TPSA) is 0 Å². The molecule has 1 aliphatic rings. The molecule has 1 aliphatic carbocycles. The SMILES string of the molecule is S=C1C=Cc2ccc(Br)c(Br)c21. The first-order chi connectivity index (χ1) is 5.70. The maximum Gasteiger partial charge on any atom is 0.0467 e. The van der Waals surface area contributed by atoms with Gasteiger partial charge in [-0.1, -0.05) is 24.4 Å². The number of rotatable bonds is 0. The highest BCUT2D eigenvalue weighted by atomic mass is 79.9. The lowest BCUT2D eigenvalue weighted by atomic mass is 10.1. The third kappa shape index (κ3) is 1.20. The Labute approximate surface area is 92.9 Å². The van der Waals surface area contributed by atoms with Crippen LogP contribution in [0.5, 0.6) is 0 Å². The van der Waals surface area contributed by atoms with E-state index in [1.54, 1.807) is 0 Å². The van der Waals surface area contributed by atoms with E-state index < -0.39 is 0 Å². The van der Waals surface area contributed by atoms with Crippen LogP contribution in [0.4, 0.5) is 0 Å². The van der Waals surface area contributed by atoms with Crippen LogP contribution in [0.1, 0.15) is 11.1 Å². The Hall–Kier alpha value is 0.01000. The molecule has 0 atom stereocenters. The maximum absolute atomic E-state index is 5.18. The fourth-order valence-corrected chi connectivity index (χ4v) is 2.53. The monoisotopic (exact) mass is 302 g/mol. The minimum atomic E-state index is 0.901. The van der Waals surface area contributed by atoms with E-state index in [1.165, 1.54) is 5.56 Å². The van der Waals surface area contributed by atoms with Crippen molar-refractivity contribution in [2.24, 2.45) is 0 Å². The second kappa shape index (κ2) is 3.05. The molecule has 0 saturated heterocycles. The highest BCUT2D eigenvalue weighted by Crippen LogP contribution is 2.33. The summed E-state index contributed by atoms with van der Waals surface area (Å²) in [4.78, 5) is 0.901. The lowest BCUT2D eigenvalue weighted by Gasteiger charge is -2.03. The van der Waals surface area contributed by atoms with Gasteiger partial charge < -0.3 is 0 Å². The molecule has 0 aromatic heterocycles. The lowest BCUT2D eigenvalue weighted by molar-refractivity contribution is 1.54. The predicted octanol–water partition coefficient (Wildman–Crippen LogP) is 3.96. The van der Waals surface area contributed by atoms with Gasteiger partial charge in [-0.05, 0) is 49.6 Å². The van der Waals surface area contributed by atoms with Gasteiger partial charge in [-0.15, -0.1) is 0 Å². The Morgan fingerprint density at radius 1 is 1.08 bits per heavy atom. The van der Waals surface area contributed by atoms with Crippen molar-refractivity contribution in [3.63, 3.8) is 0 Å². The minimum Gasteiger partial charge on any atom is -0.0794 e. The zero-order valence-electron chi connectivity index (χ0n) is 5.97. The number of fused-ring (bicyclic) bond motifs is 1. The molecule has 60 valence electrons. The molecule has 0 amide bonds. The fourth-order valence-electron chi connectivity index (χ4n) is 1.20. The molecule has 12 heavy (non-hydrogen) atoms. The van der Waals surface area contributed by atoms with E-state index >= 15 is 0 Å². The van der Waals surface area contributed by atoms with E-state index in [0.29, 0.717) is 0 Å². The summed E-state index contributed by atoms with van der Waals surface area (Å²) in [6.45, 7) is 0. The summed E-state index contributed by atoms with van der Waals surface area (Å²) < 4.78 is 2.10. The van der Waals surface area contributed by atoms with Gasteiger partial charge in [0, 0.05) is 19.4 Å². The standard InChI is InChI=1S/C9H4Br2S/c10-6-3-1-5-2-4-7(12)8(5)9(6)11/h1-4H. The van der Waals surface area contributed by atoms with E-state index in [0.717, 1.165) is 19.4 Å². The van der Waals surface area contributed by atoms with Crippen LogP contribution in [0.15, 0.2) is 27.2 Å². The van der Waals surface area contributed by atoms with E-state index in [4.69, 9.17) is 12.2 Å². The summed E-state index contributed by atoms with van der Waals surface area (Å²) in [6, 6.07) is 4.07. The molecule has 0 heterocycles. The quantitative estimate of drug-likeness (QED) is 0.654. The molecule has 0 radical (unpaired) electrons. The number of thiocarbonyl (C=S) groups is 1. The Bertz CT molecular complexity index is 394. The van der Waals surface area contributed by atoms with Crippen LogP contribution >= 0.6 is 44.1 Å². The number of allylic oxidation sites excluding steroid dienone is 1. The Morgan fingerprint density at radius 3 is 2.58 bits per heavy atom. The first-order valence-corrected chi connectivity index (χ1v) is 5.40. The van der Waals surface area contributed by atoms with Gasteiger partial charge in [0.25, 0.3) is 0 Å². The Kier molecular flexibility index (Phi) is 2.19. The molecule has 0 bridgehead atoms. The van der Waals surface area contributed by atoms with Crippen LogP contribution in [0, 0.1) is 0 Å². The Morgan fingerprint density at radius 2 is 1.83 bits per heavy atom. The smallest absolute Gasteiger partial charge is 0.0467 e. The molecular weight excluding hydrogens is 300 g/mol. The van der Waals surface area contributed by atoms with Crippen molar-refractivity contribution >= 4 is 55.0 Å². The van der Waals surface area contributed by atoms with Gasteiger partial charge in [0.05, 0.1) is 0 Å². The van der Waals surface area contributed by atoms with Gasteiger partial charge in [0.2, 0.25) is 0 Å². The van der Waals surface area contributed by atoms with E-state index in [-0.39, 0.29) is 0 Å². The number of hydrogen-bond donors (Lipinski definition) is 0. The summed E-state index contributed by atoms with van der Waals surface area (Å²) in [5.41, 5.74) is 2.31. The van der Waals surface area contributed by atoms with Gasteiger partial charge in [-0.3, -0.25) is 0 Å². The Balaban J connectivity index is 2.76. The predicted molar refractivity (Wildman–Crippen MR) is 62.6 cm³/mol. The molecule has 0 spiro atoms. The molecule has 3 heteroatoms. The third-order valence-electron chi connectivity index (χ3n) is 1.79. The molecule has 0 saturated carbocycles. The molecule has 0 unspecified atom stereocenters. The molecule has 0 fully saturated rings. The summed E-state index contributed by atoms with van der Waals surface area (Å²) in [5.74, 6) is 0. The average Bonchev–Trinajstić information content (AvgIpc) is 2.41. The summed E-state index contributed by atoms with van der Waals surface area (Å²) >= 11 is 12.1. The fraction of sp³-hybridized carbons (Fsp3) is 0. The average molecular weight is 304 g/mol. The van der Waals surface area contributed by atoms with Gasteiger partial charge in [0.15, 0.2) is 0 Å². The zero-order valence-corrected chi connectivity index (χ0v) is 9.96. The summed E-state index contributed by atoms with van der Waals surface area (Å²) in [6.07, 6.45) is 3.99. The van der Waals surface area contributed by atoms with Crippen LogP contribution in [-0.4, -0.2) is 4.86 Å². The number of halogens is 2. The van der Waals surface area contributed by atoms with E-state index in [2.05, 4.69) is 37.9 Å². The van der Waals surface area contributed by atoms with Crippen LogP contribution < -0.4 is 0 Å². The van der Waals surface area contributed by atoms with Crippen molar-refractivity contribution in [3.8, 4) is 0 Å². The van der Waals surface area contributed by atoms with Crippen molar-refractivity contribution in [1.82, 2.24) is 0 Å². The number of benzene rings is 1. The van der Waals surface area contributed by atoms with E-state index in [9.17, 15) is 0 Å².